The summed E-state index contributed by atoms with van der Waals surface area (Å²) in [5.74, 6) is -2.17. The number of aliphatic hydroxyl groups excluding tert-OH is 1. The molecule has 0 saturated carbocycles. The van der Waals surface area contributed by atoms with Crippen LogP contribution >= 0.6 is 0 Å². The van der Waals surface area contributed by atoms with Gasteiger partial charge in [0.2, 0.25) is 5.91 Å². The average Bonchev–Trinajstić information content (AvgIpc) is 3.09. The van der Waals surface area contributed by atoms with Crippen molar-refractivity contribution in [1.82, 2.24) is 10.6 Å². The van der Waals surface area contributed by atoms with E-state index in [1.165, 1.54) is 7.11 Å². The van der Waals surface area contributed by atoms with Gasteiger partial charge < -0.3 is 30.3 Å². The highest BCUT2D eigenvalue weighted by Gasteiger charge is 2.30. The fraction of sp³-hybridized carbons (Fsp3) is 0.348. The Labute approximate surface area is 185 Å². The van der Waals surface area contributed by atoms with Crippen molar-refractivity contribution in [2.24, 2.45) is 0 Å². The SMILES string of the molecule is COCC(O)CNC(=O)C(CC(=O)O)NC(=O)OCC1c2ccccc2-c2ccccc21. The van der Waals surface area contributed by atoms with Crippen LogP contribution in [0.25, 0.3) is 11.1 Å². The third-order valence-corrected chi connectivity index (χ3v) is 5.20. The highest BCUT2D eigenvalue weighted by atomic mass is 16.5. The summed E-state index contributed by atoms with van der Waals surface area (Å²) >= 11 is 0. The molecule has 4 N–H and O–H groups in total. The highest BCUT2D eigenvalue weighted by molar-refractivity contribution is 5.89. The number of carboxylic acid groups (broad SMARTS) is 1. The molecule has 0 saturated heterocycles. The van der Waals surface area contributed by atoms with E-state index in [-0.39, 0.29) is 25.7 Å². The van der Waals surface area contributed by atoms with E-state index in [0.29, 0.717) is 0 Å². The number of methoxy groups -OCH3 is 1. The van der Waals surface area contributed by atoms with Crippen molar-refractivity contribution in [2.45, 2.75) is 24.5 Å². The number of alkyl carbamates (subject to hydrolysis) is 1. The first-order valence-electron chi connectivity index (χ1n) is 10.2. The number of benzene rings is 2. The van der Waals surface area contributed by atoms with Crippen LogP contribution in [0.3, 0.4) is 0 Å². The molecular formula is C23H26N2O7. The molecule has 0 aromatic heterocycles. The Bertz CT molecular complexity index is 933. The Morgan fingerprint density at radius 3 is 2.19 bits per heavy atom. The molecule has 2 aromatic carbocycles. The minimum Gasteiger partial charge on any atom is -0.481 e. The van der Waals surface area contributed by atoms with Gasteiger partial charge in [0.05, 0.1) is 19.1 Å². The quantitative estimate of drug-likeness (QED) is 0.438. The van der Waals surface area contributed by atoms with Crippen molar-refractivity contribution in [3.63, 3.8) is 0 Å². The molecule has 32 heavy (non-hydrogen) atoms. The Kier molecular flexibility index (Phi) is 7.80. The predicted molar refractivity (Wildman–Crippen MR) is 115 cm³/mol. The standard InChI is InChI=1S/C23H26N2O7/c1-31-12-14(26)11-24-22(29)20(10-21(27)28)25-23(30)32-13-19-17-8-4-2-6-15(17)16-7-3-5-9-18(16)19/h2-9,14,19-20,26H,10-13H2,1H3,(H,24,29)(H,25,30)(H,27,28). The number of hydrogen-bond acceptors (Lipinski definition) is 6. The number of carbonyl (C=O) groups excluding carboxylic acids is 2. The summed E-state index contributed by atoms with van der Waals surface area (Å²) in [6.45, 7) is -0.104. The van der Waals surface area contributed by atoms with Gasteiger partial charge in [0.1, 0.15) is 12.6 Å². The van der Waals surface area contributed by atoms with E-state index < -0.39 is 36.5 Å². The number of rotatable bonds is 10. The average molecular weight is 442 g/mol. The predicted octanol–water partition coefficient (Wildman–Crippen LogP) is 1.49. The smallest absolute Gasteiger partial charge is 0.407 e. The van der Waals surface area contributed by atoms with Gasteiger partial charge >= 0.3 is 12.1 Å². The zero-order valence-electron chi connectivity index (χ0n) is 17.6. The second kappa shape index (κ2) is 10.7. The number of aliphatic hydroxyl groups is 1. The number of hydrogen-bond donors (Lipinski definition) is 4. The minimum atomic E-state index is -1.35. The van der Waals surface area contributed by atoms with E-state index in [9.17, 15) is 19.5 Å². The van der Waals surface area contributed by atoms with E-state index >= 15 is 0 Å². The van der Waals surface area contributed by atoms with Crippen molar-refractivity contribution in [2.75, 3.05) is 26.9 Å². The Morgan fingerprint density at radius 2 is 1.62 bits per heavy atom. The molecule has 2 amide bonds. The number of carbonyl (C=O) groups is 3. The van der Waals surface area contributed by atoms with Crippen LogP contribution in [0, 0.1) is 0 Å². The van der Waals surface area contributed by atoms with E-state index in [0.717, 1.165) is 22.3 Å². The van der Waals surface area contributed by atoms with E-state index in [1.807, 2.05) is 48.5 Å². The van der Waals surface area contributed by atoms with Gasteiger partial charge in [-0.15, -0.1) is 0 Å². The van der Waals surface area contributed by atoms with Gasteiger partial charge in [-0.05, 0) is 22.3 Å². The molecule has 0 radical (unpaired) electrons. The third-order valence-electron chi connectivity index (χ3n) is 5.20. The Morgan fingerprint density at radius 1 is 1.03 bits per heavy atom. The van der Waals surface area contributed by atoms with Crippen molar-refractivity contribution >= 4 is 18.0 Å². The molecule has 0 spiro atoms. The van der Waals surface area contributed by atoms with Crippen LogP contribution in [0.5, 0.6) is 0 Å². The fourth-order valence-corrected chi connectivity index (χ4v) is 3.76. The molecule has 9 nitrogen and oxygen atoms in total. The first kappa shape index (κ1) is 23.2. The zero-order valence-corrected chi connectivity index (χ0v) is 17.6. The van der Waals surface area contributed by atoms with Gasteiger partial charge in [0, 0.05) is 19.6 Å². The lowest BCUT2D eigenvalue weighted by atomic mass is 9.98. The zero-order chi connectivity index (χ0) is 23.1. The minimum absolute atomic E-state index is 0.00365. The summed E-state index contributed by atoms with van der Waals surface area (Å²) in [7, 11) is 1.40. The maximum atomic E-state index is 12.4. The summed E-state index contributed by atoms with van der Waals surface area (Å²) in [5.41, 5.74) is 4.23. The van der Waals surface area contributed by atoms with E-state index in [2.05, 4.69) is 10.6 Å². The second-order valence-corrected chi connectivity index (χ2v) is 7.47. The van der Waals surface area contributed by atoms with Crippen molar-refractivity contribution in [1.29, 1.82) is 0 Å². The maximum absolute atomic E-state index is 12.4. The molecule has 3 rings (SSSR count). The van der Waals surface area contributed by atoms with E-state index in [4.69, 9.17) is 14.6 Å². The largest absolute Gasteiger partial charge is 0.481 e. The number of ether oxygens (including phenoxy) is 2. The van der Waals surface area contributed by atoms with Crippen LogP contribution in [0.15, 0.2) is 48.5 Å². The van der Waals surface area contributed by atoms with Crippen LogP contribution in [-0.4, -0.2) is 67.2 Å². The van der Waals surface area contributed by atoms with Crippen LogP contribution in [0.1, 0.15) is 23.5 Å². The lowest BCUT2D eigenvalue weighted by molar-refractivity contribution is -0.139. The molecule has 2 aromatic rings. The molecule has 9 heteroatoms. The second-order valence-electron chi connectivity index (χ2n) is 7.47. The summed E-state index contributed by atoms with van der Waals surface area (Å²) in [4.78, 5) is 35.8. The van der Waals surface area contributed by atoms with Gasteiger partial charge in [-0.3, -0.25) is 9.59 Å². The summed E-state index contributed by atoms with van der Waals surface area (Å²) < 4.78 is 10.1. The van der Waals surface area contributed by atoms with Gasteiger partial charge in [-0.25, -0.2) is 4.79 Å². The van der Waals surface area contributed by atoms with Crippen molar-refractivity contribution < 1.29 is 34.1 Å². The first-order chi connectivity index (χ1) is 15.4. The molecule has 2 unspecified atom stereocenters. The van der Waals surface area contributed by atoms with E-state index in [1.54, 1.807) is 0 Å². The summed E-state index contributed by atoms with van der Waals surface area (Å²) in [5, 5.41) is 23.4. The first-order valence-corrected chi connectivity index (χ1v) is 10.2. The van der Waals surface area contributed by atoms with Gasteiger partial charge in [-0.1, -0.05) is 48.5 Å². The summed E-state index contributed by atoms with van der Waals surface area (Å²) in [6, 6.07) is 14.4. The molecule has 0 bridgehead atoms. The Hall–Kier alpha value is -3.43. The lowest BCUT2D eigenvalue weighted by Gasteiger charge is -2.19. The number of aliphatic carboxylic acids is 1. The molecule has 0 aliphatic heterocycles. The number of amides is 2. The maximum Gasteiger partial charge on any atom is 0.407 e. The topological polar surface area (TPSA) is 134 Å². The van der Waals surface area contributed by atoms with Gasteiger partial charge in [0.15, 0.2) is 0 Å². The molecule has 0 heterocycles. The molecule has 1 aliphatic carbocycles. The van der Waals surface area contributed by atoms with Gasteiger partial charge in [0.25, 0.3) is 0 Å². The van der Waals surface area contributed by atoms with Crippen LogP contribution in [0.2, 0.25) is 0 Å². The number of carboxylic acids is 1. The molecule has 2 atom stereocenters. The van der Waals surface area contributed by atoms with Crippen LogP contribution in [-0.2, 0) is 19.1 Å². The normalized spacial score (nSPS) is 14.1. The van der Waals surface area contributed by atoms with Crippen LogP contribution in [0.4, 0.5) is 4.79 Å². The van der Waals surface area contributed by atoms with Gasteiger partial charge in [-0.2, -0.15) is 0 Å². The number of nitrogens with one attached hydrogen (secondary N) is 2. The van der Waals surface area contributed by atoms with Crippen LogP contribution < -0.4 is 10.6 Å². The highest BCUT2D eigenvalue weighted by Crippen LogP contribution is 2.44. The lowest BCUT2D eigenvalue weighted by Crippen LogP contribution is -2.49. The number of fused-ring (bicyclic) bond motifs is 3. The molecule has 1 aliphatic rings. The Balaban J connectivity index is 1.62. The molecule has 170 valence electrons. The monoisotopic (exact) mass is 442 g/mol. The summed E-state index contributed by atoms with van der Waals surface area (Å²) in [6.07, 6.45) is -2.48. The fourth-order valence-electron chi connectivity index (χ4n) is 3.76. The molecule has 0 fully saturated rings. The van der Waals surface area contributed by atoms with Crippen molar-refractivity contribution in [3.8, 4) is 11.1 Å². The van der Waals surface area contributed by atoms with Crippen molar-refractivity contribution in [3.05, 3.63) is 59.7 Å². The molecular weight excluding hydrogens is 416 g/mol. The third kappa shape index (κ3) is 5.63.